The van der Waals surface area contributed by atoms with Crippen molar-refractivity contribution in [2.75, 3.05) is 19.6 Å². The number of nitrogens with zero attached hydrogens (tertiary/aromatic N) is 3. The zero-order chi connectivity index (χ0) is 30.9. The van der Waals surface area contributed by atoms with Crippen LogP contribution in [0, 0.1) is 0 Å². The molecule has 1 aromatic heterocycles. The number of halogens is 1. The van der Waals surface area contributed by atoms with E-state index in [-0.39, 0.29) is 29.6 Å². The zero-order valence-corrected chi connectivity index (χ0v) is 24.6. The summed E-state index contributed by atoms with van der Waals surface area (Å²) in [5, 5.41) is 12.5. The highest BCUT2D eigenvalue weighted by Crippen LogP contribution is 2.45. The van der Waals surface area contributed by atoms with Gasteiger partial charge in [0.25, 0.3) is 0 Å². The van der Waals surface area contributed by atoms with Crippen molar-refractivity contribution in [3.63, 3.8) is 0 Å². The summed E-state index contributed by atoms with van der Waals surface area (Å²) < 4.78 is 12.1. The number of carbonyl (C=O) groups excluding carboxylic acids is 3. The van der Waals surface area contributed by atoms with Crippen LogP contribution in [0.2, 0.25) is 5.02 Å². The van der Waals surface area contributed by atoms with Crippen molar-refractivity contribution in [2.45, 2.75) is 44.9 Å². The molecule has 12 heteroatoms. The predicted molar refractivity (Wildman–Crippen MR) is 157 cm³/mol. The smallest absolute Gasteiger partial charge is 0.326 e. The number of aliphatic imine (C=N–C) groups is 1. The third kappa shape index (κ3) is 6.56. The number of Topliss-reactive ketones (excluding diaryl/α,β-unsaturated/α-hetero) is 1. The lowest BCUT2D eigenvalue weighted by Gasteiger charge is -2.35. The zero-order valence-electron chi connectivity index (χ0n) is 23.9. The highest BCUT2D eigenvalue weighted by molar-refractivity contribution is 6.30. The molecule has 2 N–H and O–H groups in total. The number of carboxylic acids is 1. The monoisotopic (exact) mass is 606 g/mol. The predicted octanol–water partition coefficient (Wildman–Crippen LogP) is 4.86. The van der Waals surface area contributed by atoms with Gasteiger partial charge >= 0.3 is 12.0 Å². The van der Waals surface area contributed by atoms with Crippen LogP contribution in [0.3, 0.4) is 0 Å². The molecule has 5 rings (SSSR count). The van der Waals surface area contributed by atoms with Crippen LogP contribution in [-0.2, 0) is 9.59 Å². The Balaban J connectivity index is 1.69. The summed E-state index contributed by atoms with van der Waals surface area (Å²) in [7, 11) is 0. The van der Waals surface area contributed by atoms with Gasteiger partial charge in [0.15, 0.2) is 5.78 Å². The van der Waals surface area contributed by atoms with Crippen LogP contribution in [0.1, 0.15) is 66.5 Å². The van der Waals surface area contributed by atoms with Crippen LogP contribution in [0.4, 0.5) is 4.79 Å². The van der Waals surface area contributed by atoms with Gasteiger partial charge in [0, 0.05) is 23.7 Å². The Labute approximate surface area is 253 Å². The first kappa shape index (κ1) is 29.8. The van der Waals surface area contributed by atoms with Crippen molar-refractivity contribution in [3.05, 3.63) is 88.3 Å². The van der Waals surface area contributed by atoms with Crippen LogP contribution in [0.5, 0.6) is 5.75 Å². The van der Waals surface area contributed by atoms with E-state index in [2.05, 4.69) is 5.32 Å². The molecule has 2 unspecified atom stereocenters. The molecule has 1 saturated heterocycles. The Bertz CT molecular complexity index is 1580. The summed E-state index contributed by atoms with van der Waals surface area (Å²) >= 11 is 6.18. The van der Waals surface area contributed by atoms with E-state index in [9.17, 15) is 24.3 Å². The molecule has 0 aliphatic carbocycles. The number of aliphatic carboxylic acids is 1. The molecule has 2 aromatic carbocycles. The minimum Gasteiger partial charge on any atom is -0.487 e. The number of carbonyl (C=O) groups is 4. The first-order valence-electron chi connectivity index (χ1n) is 13.7. The largest absolute Gasteiger partial charge is 0.487 e. The van der Waals surface area contributed by atoms with Crippen molar-refractivity contribution in [3.8, 4) is 5.75 Å². The van der Waals surface area contributed by atoms with Gasteiger partial charge in [0.05, 0.1) is 11.8 Å². The lowest BCUT2D eigenvalue weighted by Crippen LogP contribution is -2.55. The summed E-state index contributed by atoms with van der Waals surface area (Å²) in [4.78, 5) is 58.5. The van der Waals surface area contributed by atoms with Crippen molar-refractivity contribution in [2.24, 2.45) is 4.99 Å². The molecule has 2 aliphatic heterocycles. The van der Waals surface area contributed by atoms with Crippen LogP contribution >= 0.6 is 11.6 Å². The lowest BCUT2D eigenvalue weighted by molar-refractivity contribution is -0.136. The third-order valence-electron chi connectivity index (χ3n) is 6.90. The number of rotatable bonds is 7. The normalized spacial score (nSPS) is 18.7. The maximum atomic E-state index is 14.3. The maximum absolute atomic E-state index is 14.3. The molecule has 11 nitrogen and oxygen atoms in total. The average Bonchev–Trinajstić information content (AvgIpc) is 3.60. The Morgan fingerprint density at radius 3 is 2.51 bits per heavy atom. The van der Waals surface area contributed by atoms with Crippen LogP contribution in [0.25, 0.3) is 0 Å². The number of piperazine rings is 1. The highest BCUT2D eigenvalue weighted by atomic mass is 35.5. The molecule has 0 saturated carbocycles. The fraction of sp³-hybridized carbons (Fsp3) is 0.323. The number of amidine groups is 1. The van der Waals surface area contributed by atoms with E-state index in [1.807, 2.05) is 32.9 Å². The van der Waals surface area contributed by atoms with E-state index in [1.54, 1.807) is 30.3 Å². The molecule has 3 amide bonds. The van der Waals surface area contributed by atoms with Gasteiger partial charge in [0.2, 0.25) is 5.91 Å². The lowest BCUT2D eigenvalue weighted by atomic mass is 9.98. The first-order chi connectivity index (χ1) is 20.4. The minimum atomic E-state index is -1.25. The number of urea groups is 1. The van der Waals surface area contributed by atoms with Gasteiger partial charge in [0.1, 0.15) is 48.0 Å². The SMILES string of the molecule is CC(C)(C)Oc1cc(C(=O)CC(=O)O)ccc1C1=NC(c2ccc(Cl)cc2)C(c2ccco2)N1C(=O)N1CCNC(=O)C1. The van der Waals surface area contributed by atoms with E-state index in [0.717, 1.165) is 5.56 Å². The van der Waals surface area contributed by atoms with E-state index in [0.29, 0.717) is 29.4 Å². The molecule has 1 fully saturated rings. The Kier molecular flexibility index (Phi) is 8.27. The van der Waals surface area contributed by atoms with Gasteiger partial charge in [-0.1, -0.05) is 29.8 Å². The van der Waals surface area contributed by atoms with E-state index in [1.165, 1.54) is 28.2 Å². The first-order valence-corrected chi connectivity index (χ1v) is 14.1. The summed E-state index contributed by atoms with van der Waals surface area (Å²) in [6.07, 6.45) is 0.830. The molecule has 3 aromatic rings. The Morgan fingerprint density at radius 1 is 1.14 bits per heavy atom. The molecule has 3 heterocycles. The van der Waals surface area contributed by atoms with Crippen molar-refractivity contribution in [1.29, 1.82) is 0 Å². The Morgan fingerprint density at radius 2 is 1.88 bits per heavy atom. The van der Waals surface area contributed by atoms with Gasteiger partial charge in [-0.05, 0) is 62.7 Å². The highest BCUT2D eigenvalue weighted by Gasteiger charge is 2.46. The number of benzene rings is 2. The standard InChI is InChI=1S/C31H31ClN4O7/c1-31(2,3)43-24-15-19(22(37)16-26(39)40)8-11-21(24)29-34-27(18-6-9-20(32)10-7-18)28(23-5-4-14-42-23)36(29)30(41)35-13-12-33-25(38)17-35/h4-11,14-15,27-28H,12-13,16-17H2,1-3H3,(H,33,38)(H,39,40). The van der Waals surface area contributed by atoms with Gasteiger partial charge in [-0.3, -0.25) is 24.3 Å². The number of ketones is 1. The minimum absolute atomic E-state index is 0.132. The second-order valence-corrected chi connectivity index (χ2v) is 11.7. The van der Waals surface area contributed by atoms with Crippen molar-refractivity contribution in [1.82, 2.24) is 15.1 Å². The van der Waals surface area contributed by atoms with Crippen LogP contribution in [0.15, 0.2) is 70.3 Å². The number of hydrogen-bond donors (Lipinski definition) is 2. The molecule has 2 aliphatic rings. The second kappa shape index (κ2) is 11.9. The second-order valence-electron chi connectivity index (χ2n) is 11.3. The molecule has 0 radical (unpaired) electrons. The third-order valence-corrected chi connectivity index (χ3v) is 7.15. The van der Waals surface area contributed by atoms with Gasteiger partial charge in [-0.2, -0.15) is 0 Å². The van der Waals surface area contributed by atoms with Gasteiger partial charge in [-0.25, -0.2) is 4.79 Å². The fourth-order valence-electron chi connectivity index (χ4n) is 5.09. The van der Waals surface area contributed by atoms with Crippen molar-refractivity contribution >= 4 is 41.1 Å². The van der Waals surface area contributed by atoms with E-state index in [4.69, 9.17) is 25.7 Å². The molecular weight excluding hydrogens is 576 g/mol. The number of furan rings is 1. The fourth-order valence-corrected chi connectivity index (χ4v) is 5.22. The summed E-state index contributed by atoms with van der Waals surface area (Å²) in [6, 6.07) is 13.4. The van der Waals surface area contributed by atoms with E-state index < -0.39 is 41.9 Å². The molecule has 43 heavy (non-hydrogen) atoms. The van der Waals surface area contributed by atoms with E-state index >= 15 is 0 Å². The number of nitrogens with one attached hydrogen (secondary N) is 1. The van der Waals surface area contributed by atoms with Crippen molar-refractivity contribution < 1.29 is 33.4 Å². The molecule has 0 bridgehead atoms. The van der Waals surface area contributed by atoms with Crippen LogP contribution < -0.4 is 10.1 Å². The van der Waals surface area contributed by atoms with Crippen LogP contribution in [-0.4, -0.2) is 69.7 Å². The topological polar surface area (TPSA) is 142 Å². The Hall–Kier alpha value is -4.64. The number of carboxylic acid groups (broad SMARTS) is 1. The average molecular weight is 607 g/mol. The number of ether oxygens (including phenoxy) is 1. The maximum Gasteiger partial charge on any atom is 0.326 e. The van der Waals surface area contributed by atoms with Gasteiger partial charge in [-0.15, -0.1) is 0 Å². The molecule has 224 valence electrons. The summed E-state index contributed by atoms with van der Waals surface area (Å²) in [5.74, 6) is -1.16. The number of amides is 3. The summed E-state index contributed by atoms with van der Waals surface area (Å²) in [6.45, 7) is 5.95. The molecule has 0 spiro atoms. The summed E-state index contributed by atoms with van der Waals surface area (Å²) in [5.41, 5.74) is 0.593. The van der Waals surface area contributed by atoms with Gasteiger partial charge < -0.3 is 24.5 Å². The molecular formula is C31H31ClN4O7. The molecule has 2 atom stereocenters. The quantitative estimate of drug-likeness (QED) is 0.289. The number of hydrogen-bond acceptors (Lipinski definition) is 7.